The van der Waals surface area contributed by atoms with E-state index in [1.165, 1.54) is 5.56 Å². The number of nitrogens with one attached hydrogen (secondary N) is 1. The summed E-state index contributed by atoms with van der Waals surface area (Å²) in [6, 6.07) is 0. The molecule has 1 heterocycles. The molecule has 6 heteroatoms. The Bertz CT molecular complexity index is 454. The predicted molar refractivity (Wildman–Crippen MR) is 84.1 cm³/mol. The van der Waals surface area contributed by atoms with Crippen LogP contribution in [0.5, 0.6) is 0 Å². The normalized spacial score (nSPS) is 13.5. The fraction of sp³-hybridized carbons (Fsp3) is 0.714. The molecule has 0 aromatic carbocycles. The average molecular weight is 303 g/mol. The number of carbonyl (C=O) groups is 1. The molecule has 1 aromatic heterocycles. The first-order valence-corrected chi connectivity index (χ1v) is 6.85. The lowest BCUT2D eigenvalue weighted by Gasteiger charge is -2.22. The molecule has 0 fully saturated rings. The molecular formula is C14H27ClN4O. The largest absolute Gasteiger partial charge is 0.354 e. The van der Waals surface area contributed by atoms with E-state index in [-0.39, 0.29) is 18.3 Å². The van der Waals surface area contributed by atoms with Crippen LogP contribution in [0.15, 0.2) is 0 Å². The highest BCUT2D eigenvalue weighted by Crippen LogP contribution is 2.12. The number of amides is 1. The van der Waals surface area contributed by atoms with Crippen molar-refractivity contribution in [3.8, 4) is 0 Å². The van der Waals surface area contributed by atoms with Gasteiger partial charge in [-0.1, -0.05) is 13.3 Å². The van der Waals surface area contributed by atoms with Crippen LogP contribution in [0.25, 0.3) is 0 Å². The molecule has 0 radical (unpaired) electrons. The Morgan fingerprint density at radius 3 is 2.50 bits per heavy atom. The summed E-state index contributed by atoms with van der Waals surface area (Å²) >= 11 is 0. The lowest BCUT2D eigenvalue weighted by atomic mass is 9.96. The van der Waals surface area contributed by atoms with Crippen LogP contribution in [0.1, 0.15) is 43.6 Å². The van der Waals surface area contributed by atoms with Gasteiger partial charge in [0.25, 0.3) is 0 Å². The molecule has 0 spiro atoms. The summed E-state index contributed by atoms with van der Waals surface area (Å²) in [4.78, 5) is 12.0. The summed E-state index contributed by atoms with van der Waals surface area (Å²) in [5, 5.41) is 7.28. The molecule has 0 bridgehead atoms. The van der Waals surface area contributed by atoms with Crippen molar-refractivity contribution >= 4 is 18.3 Å². The van der Waals surface area contributed by atoms with Gasteiger partial charge in [0.2, 0.25) is 5.91 Å². The number of halogens is 1. The fourth-order valence-corrected chi connectivity index (χ4v) is 2.32. The molecule has 116 valence electrons. The van der Waals surface area contributed by atoms with Crippen molar-refractivity contribution in [2.75, 3.05) is 6.54 Å². The van der Waals surface area contributed by atoms with Crippen LogP contribution in [-0.2, 0) is 18.3 Å². The lowest BCUT2D eigenvalue weighted by molar-refractivity contribution is -0.126. The van der Waals surface area contributed by atoms with E-state index in [9.17, 15) is 4.79 Å². The molecule has 1 rings (SSSR count). The second-order valence-electron chi connectivity index (χ2n) is 5.45. The van der Waals surface area contributed by atoms with Crippen LogP contribution in [0.2, 0.25) is 0 Å². The minimum atomic E-state index is -0.770. The highest BCUT2D eigenvalue weighted by atomic mass is 35.5. The first kappa shape index (κ1) is 18.9. The van der Waals surface area contributed by atoms with E-state index in [4.69, 9.17) is 5.73 Å². The highest BCUT2D eigenvalue weighted by molar-refractivity contribution is 5.85. The minimum Gasteiger partial charge on any atom is -0.354 e. The van der Waals surface area contributed by atoms with Gasteiger partial charge >= 0.3 is 0 Å². The number of hydrogen-bond acceptors (Lipinski definition) is 3. The van der Waals surface area contributed by atoms with Crippen LogP contribution in [0, 0.1) is 13.8 Å². The quantitative estimate of drug-likeness (QED) is 0.839. The van der Waals surface area contributed by atoms with Gasteiger partial charge in [-0.25, -0.2) is 0 Å². The number of carbonyl (C=O) groups excluding carboxylic acids is 1. The van der Waals surface area contributed by atoms with Crippen LogP contribution in [0.4, 0.5) is 0 Å². The average Bonchev–Trinajstić information content (AvgIpc) is 2.55. The van der Waals surface area contributed by atoms with Gasteiger partial charge < -0.3 is 11.1 Å². The van der Waals surface area contributed by atoms with Gasteiger partial charge in [0.1, 0.15) is 0 Å². The predicted octanol–water partition coefficient (Wildman–Crippen LogP) is 1.63. The van der Waals surface area contributed by atoms with Crippen LogP contribution >= 0.6 is 12.4 Å². The third-order valence-corrected chi connectivity index (χ3v) is 3.61. The molecule has 1 aromatic rings. The molecule has 0 aliphatic heterocycles. The molecule has 0 aliphatic rings. The Balaban J connectivity index is 0.00000361. The van der Waals surface area contributed by atoms with Crippen molar-refractivity contribution in [3.05, 3.63) is 17.0 Å². The Morgan fingerprint density at radius 2 is 2.05 bits per heavy atom. The van der Waals surface area contributed by atoms with Gasteiger partial charge in [0, 0.05) is 19.3 Å². The van der Waals surface area contributed by atoms with Crippen LogP contribution < -0.4 is 11.1 Å². The highest BCUT2D eigenvalue weighted by Gasteiger charge is 2.26. The van der Waals surface area contributed by atoms with Gasteiger partial charge in [-0.15, -0.1) is 12.4 Å². The SMILES string of the molecule is CCCC(C)(N)C(=O)NCCc1c(C)nn(C)c1C.Cl. The Kier molecular flexibility index (Phi) is 7.23. The van der Waals surface area contributed by atoms with Gasteiger partial charge in [0.05, 0.1) is 11.2 Å². The monoisotopic (exact) mass is 302 g/mol. The van der Waals surface area contributed by atoms with Crippen molar-refractivity contribution in [2.45, 2.75) is 52.5 Å². The van der Waals surface area contributed by atoms with Gasteiger partial charge in [-0.3, -0.25) is 9.48 Å². The number of aromatic nitrogens is 2. The lowest BCUT2D eigenvalue weighted by Crippen LogP contribution is -2.51. The van der Waals surface area contributed by atoms with E-state index in [1.807, 2.05) is 32.5 Å². The number of nitrogens with zero attached hydrogens (tertiary/aromatic N) is 2. The second kappa shape index (κ2) is 7.64. The fourth-order valence-electron chi connectivity index (χ4n) is 2.32. The summed E-state index contributed by atoms with van der Waals surface area (Å²) < 4.78 is 1.87. The van der Waals surface area contributed by atoms with Crippen LogP contribution in [0.3, 0.4) is 0 Å². The first-order chi connectivity index (χ1) is 8.79. The van der Waals surface area contributed by atoms with Crippen molar-refractivity contribution < 1.29 is 4.79 Å². The third-order valence-electron chi connectivity index (χ3n) is 3.61. The van der Waals surface area contributed by atoms with E-state index in [0.29, 0.717) is 13.0 Å². The molecule has 1 atom stereocenters. The second-order valence-corrected chi connectivity index (χ2v) is 5.45. The molecule has 1 amide bonds. The Labute approximate surface area is 127 Å². The van der Waals surface area contributed by atoms with E-state index >= 15 is 0 Å². The molecule has 20 heavy (non-hydrogen) atoms. The van der Waals surface area contributed by atoms with Gasteiger partial charge in [-0.2, -0.15) is 5.10 Å². The van der Waals surface area contributed by atoms with E-state index < -0.39 is 5.54 Å². The maximum atomic E-state index is 12.0. The maximum Gasteiger partial charge on any atom is 0.239 e. The zero-order chi connectivity index (χ0) is 14.6. The summed E-state index contributed by atoms with van der Waals surface area (Å²) in [6.07, 6.45) is 2.39. The molecule has 0 saturated heterocycles. The summed E-state index contributed by atoms with van der Waals surface area (Å²) in [5.41, 5.74) is 8.60. The molecule has 0 saturated carbocycles. The molecule has 0 aliphatic carbocycles. The van der Waals surface area contributed by atoms with Gasteiger partial charge in [0.15, 0.2) is 0 Å². The first-order valence-electron chi connectivity index (χ1n) is 6.85. The summed E-state index contributed by atoms with van der Waals surface area (Å²) in [5.74, 6) is -0.0754. The van der Waals surface area contributed by atoms with E-state index in [1.54, 1.807) is 6.92 Å². The Hall–Kier alpha value is -1.07. The van der Waals surface area contributed by atoms with E-state index in [0.717, 1.165) is 24.2 Å². The number of rotatable bonds is 6. The number of nitrogens with two attached hydrogens (primary N) is 1. The zero-order valence-electron chi connectivity index (χ0n) is 13.1. The molecule has 1 unspecified atom stereocenters. The third kappa shape index (κ3) is 4.49. The standard InChI is InChI=1S/C14H26N4O.ClH/c1-6-8-14(4,15)13(19)16-9-7-12-10(2)17-18(5)11(12)3;/h6-9,15H2,1-5H3,(H,16,19);1H. The van der Waals surface area contributed by atoms with Crippen molar-refractivity contribution in [3.63, 3.8) is 0 Å². The molecule has 3 N–H and O–H groups in total. The molecular weight excluding hydrogens is 276 g/mol. The van der Waals surface area contributed by atoms with Gasteiger partial charge in [-0.05, 0) is 39.2 Å². The maximum absolute atomic E-state index is 12.0. The van der Waals surface area contributed by atoms with Crippen molar-refractivity contribution in [1.82, 2.24) is 15.1 Å². The smallest absolute Gasteiger partial charge is 0.239 e. The van der Waals surface area contributed by atoms with Crippen LogP contribution in [-0.4, -0.2) is 27.8 Å². The zero-order valence-corrected chi connectivity index (χ0v) is 13.9. The van der Waals surface area contributed by atoms with E-state index in [2.05, 4.69) is 10.4 Å². The number of hydrogen-bond donors (Lipinski definition) is 2. The summed E-state index contributed by atoms with van der Waals surface area (Å²) in [7, 11) is 1.93. The molecule has 5 nitrogen and oxygen atoms in total. The van der Waals surface area contributed by atoms with Crippen molar-refractivity contribution in [1.29, 1.82) is 0 Å². The topological polar surface area (TPSA) is 72.9 Å². The summed E-state index contributed by atoms with van der Waals surface area (Å²) in [6.45, 7) is 8.45. The minimum absolute atomic E-state index is 0. The van der Waals surface area contributed by atoms with Crippen molar-refractivity contribution in [2.24, 2.45) is 12.8 Å². The Morgan fingerprint density at radius 1 is 1.45 bits per heavy atom. The number of aryl methyl sites for hydroxylation is 2.